The number of halogens is 14. The Balaban J connectivity index is 0.000000149. The van der Waals surface area contributed by atoms with E-state index in [1.165, 1.54) is 133 Å². The second-order valence-corrected chi connectivity index (χ2v) is 30.1. The molecule has 18 rings (SSSR count). The van der Waals surface area contributed by atoms with E-state index in [0.717, 1.165) is 15.4 Å². The SMILES string of the molecule is C#Cc1ccc(N2C(=O)c3ccc4c5c(ccc(c35)C2=O)C(=O)N(c2ccc(C#N)c(C#N)c2)C4=O)cc1C#N.CC(F)(F)c1ccc(-n2c(=O)c3c(C(F)(F)F)c4c(=O)n(-c5ccc(C(F)(F)F)cc5)c(=O)c4c(C(F)(F)F)c3c2=O)cc1.Cc1ccc(-c2nc3c(=C(C#N)C#N)c4nc(-c5ccc(F)cc5)c(-c5ccc(F)cc5)nc4c(=C(C#N)C#N)c3nc2-c2ccc(F)cc2)cc1. The molecule has 0 N–H and O–H groups in total. The molecule has 0 atom stereocenters. The number of terminal acetylenes is 1. The van der Waals surface area contributed by atoms with Crippen molar-refractivity contribution in [3.63, 3.8) is 0 Å². The van der Waals surface area contributed by atoms with E-state index in [0.29, 0.717) is 89.0 Å². The van der Waals surface area contributed by atoms with Crippen LogP contribution in [0.15, 0.2) is 225 Å². The van der Waals surface area contributed by atoms with Gasteiger partial charge in [0.25, 0.3) is 51.8 Å². The molecule has 0 bridgehead atoms. The van der Waals surface area contributed by atoms with Gasteiger partial charge in [-0.1, -0.05) is 47.9 Å². The lowest BCUT2D eigenvalue weighted by atomic mass is 9.85. The van der Waals surface area contributed by atoms with Gasteiger partial charge < -0.3 is 0 Å². The molecule has 37 heteroatoms. The minimum Gasteiger partial charge on any atom is -0.268 e. The van der Waals surface area contributed by atoms with Crippen LogP contribution in [0, 0.1) is 116 Å². The molecule has 0 unspecified atom stereocenters. The zero-order chi connectivity index (χ0) is 97.7. The van der Waals surface area contributed by atoms with Gasteiger partial charge in [0.05, 0.1) is 111 Å². The van der Waals surface area contributed by atoms with E-state index in [1.807, 2.05) is 73.7 Å². The highest BCUT2D eigenvalue weighted by Gasteiger charge is 2.48. The number of nitriles is 7. The topological polar surface area (TPSA) is 371 Å². The Morgan fingerprint density at radius 1 is 0.324 bits per heavy atom. The third-order valence-corrected chi connectivity index (χ3v) is 22.1. The molecular formula is C99H41F14N15O8. The van der Waals surface area contributed by atoms with Gasteiger partial charge in [-0.2, -0.15) is 76.3 Å². The van der Waals surface area contributed by atoms with Crippen molar-refractivity contribution in [3.05, 3.63) is 348 Å². The zero-order valence-corrected chi connectivity index (χ0v) is 68.5. The van der Waals surface area contributed by atoms with Gasteiger partial charge in [-0.05, 0) is 177 Å². The number of alkyl halides is 11. The van der Waals surface area contributed by atoms with Gasteiger partial charge in [0.2, 0.25) is 0 Å². The van der Waals surface area contributed by atoms with Crippen LogP contribution in [0.4, 0.5) is 72.8 Å². The third-order valence-electron chi connectivity index (χ3n) is 22.1. The molecule has 2 aliphatic heterocycles. The van der Waals surface area contributed by atoms with Gasteiger partial charge in [0, 0.05) is 73.3 Å². The molecule has 23 nitrogen and oxygen atoms in total. The maximum absolute atomic E-state index is 14.5. The highest BCUT2D eigenvalue weighted by atomic mass is 19.4. The van der Waals surface area contributed by atoms with Gasteiger partial charge in [-0.3, -0.25) is 38.4 Å². The third kappa shape index (κ3) is 15.2. The van der Waals surface area contributed by atoms with Crippen LogP contribution in [0.25, 0.3) is 122 Å². The zero-order valence-electron chi connectivity index (χ0n) is 68.5. The predicted molar refractivity (Wildman–Crippen MR) is 461 cm³/mol. The molecule has 136 heavy (non-hydrogen) atoms. The van der Waals surface area contributed by atoms with Crippen LogP contribution in [-0.2, 0) is 24.5 Å². The molecule has 0 fully saturated rings. The first-order valence-electron chi connectivity index (χ1n) is 39.1. The van der Waals surface area contributed by atoms with Crippen molar-refractivity contribution in [2.24, 2.45) is 0 Å². The van der Waals surface area contributed by atoms with E-state index in [2.05, 4.69) is 5.92 Å². The molecule has 2 aliphatic rings. The predicted octanol–water partition coefficient (Wildman–Crippen LogP) is 17.5. The van der Waals surface area contributed by atoms with Crippen molar-refractivity contribution >= 4 is 101 Å². The van der Waals surface area contributed by atoms with Crippen molar-refractivity contribution in [2.75, 3.05) is 9.80 Å². The van der Waals surface area contributed by atoms with E-state index < -0.39 is 154 Å². The summed E-state index contributed by atoms with van der Waals surface area (Å²) in [6.45, 7) is 2.38. The van der Waals surface area contributed by atoms with Crippen LogP contribution in [0.2, 0.25) is 0 Å². The molecule has 0 spiro atoms. The molecule has 6 heterocycles. The number of hydrogen-bond acceptors (Lipinski definition) is 19. The van der Waals surface area contributed by atoms with Crippen LogP contribution in [0.1, 0.15) is 98.4 Å². The highest BCUT2D eigenvalue weighted by molar-refractivity contribution is 6.42. The van der Waals surface area contributed by atoms with Gasteiger partial charge in [-0.25, -0.2) is 60.8 Å². The van der Waals surface area contributed by atoms with Crippen molar-refractivity contribution in [1.82, 2.24) is 29.1 Å². The fourth-order valence-electron chi connectivity index (χ4n) is 15.9. The van der Waals surface area contributed by atoms with Gasteiger partial charge in [0.15, 0.2) is 0 Å². The minimum absolute atomic E-state index is 0.00256. The second-order valence-electron chi connectivity index (χ2n) is 30.1. The number of carbonyl (C=O) groups is 4. The standard InChI is InChI=1S/C41H19F3N8.C31H11N5O4.C27H11F11N2O4/c1-22-2-4-23(5-3-22)34-35(24-6-12-29(42)13-7-24)50-39-33(28(20-47)21-48)41-40(32(38(39)49-34)27(18-45)19-46)51-36(25-8-14-30(43)15-9-25)37(52-41)26-10-16-31(44)17-11-26;1-2-16-3-5-20(11-18(16)14-33)35-28(37)22-7-9-24-27-25(10-8-23(26(22)27)29(35)38)31(40)36(30(24)39)21-6-4-17(13-32)19(12-21)15-34;1-24(28,29)10-2-6-12(7-3-10)39-20(41)14-15(21(39)42)19(27(36,37)38)17-16(18(14)26(33,34)35)22(43)40(23(17)44)13-8-4-11(5-9-13)25(30,31)32/h2-17H,1H3;1,3-12H;2-9H,1H3. The summed E-state index contributed by atoms with van der Waals surface area (Å²) in [4.78, 5) is 129. The van der Waals surface area contributed by atoms with E-state index in [-0.39, 0.29) is 120 Å². The number of nitrogens with zero attached hydrogens (tertiary/aromatic N) is 15. The average Bonchev–Trinajstić information content (AvgIpc) is 1.43. The van der Waals surface area contributed by atoms with Crippen LogP contribution in [0.5, 0.6) is 0 Å². The molecule has 4 amide bonds. The lowest BCUT2D eigenvalue weighted by molar-refractivity contribution is -0.137. The maximum atomic E-state index is 14.5. The molecule has 0 saturated heterocycles. The fourth-order valence-corrected chi connectivity index (χ4v) is 15.9. The lowest BCUT2D eigenvalue weighted by Gasteiger charge is -2.32. The molecule has 12 aromatic carbocycles. The normalized spacial score (nSPS) is 12.4. The summed E-state index contributed by atoms with van der Waals surface area (Å²) in [5.74, 6) is -5.38. The molecule has 4 aromatic heterocycles. The Bertz CT molecular complexity index is 7940. The summed E-state index contributed by atoms with van der Waals surface area (Å²) >= 11 is 0. The van der Waals surface area contributed by atoms with E-state index in [4.69, 9.17) is 26.4 Å². The van der Waals surface area contributed by atoms with Crippen molar-refractivity contribution in [1.29, 1.82) is 36.8 Å². The van der Waals surface area contributed by atoms with Crippen LogP contribution >= 0.6 is 0 Å². The number of fused-ring (bicyclic) bond motifs is 4. The molecule has 0 saturated carbocycles. The Labute approximate surface area is 750 Å². The smallest absolute Gasteiger partial charge is 0.268 e. The summed E-state index contributed by atoms with van der Waals surface area (Å²) in [5.41, 5.74) is -12.6. The van der Waals surface area contributed by atoms with Gasteiger partial charge >= 0.3 is 18.5 Å². The van der Waals surface area contributed by atoms with Gasteiger partial charge in [0.1, 0.15) is 93.1 Å². The number of benzene rings is 12. The Hall–Kier alpha value is -19.1. The number of hydrogen-bond donors (Lipinski definition) is 0. The summed E-state index contributed by atoms with van der Waals surface area (Å²) in [7, 11) is 0. The molecule has 0 aliphatic carbocycles. The average molecular weight is 1830 g/mol. The number of imide groups is 2. The minimum atomic E-state index is -5.84. The summed E-state index contributed by atoms with van der Waals surface area (Å²) in [5, 5.41) is 61.7. The number of rotatable bonds is 9. The first-order chi connectivity index (χ1) is 64.6. The summed E-state index contributed by atoms with van der Waals surface area (Å²) < 4.78 is 195. The van der Waals surface area contributed by atoms with E-state index in [1.54, 1.807) is 0 Å². The Kier molecular flexibility index (Phi) is 22.4. The largest absolute Gasteiger partial charge is 0.418 e. The number of anilines is 2. The summed E-state index contributed by atoms with van der Waals surface area (Å²) in [6, 6.07) is 55.2. The number of carbonyl (C=O) groups excluding carboxylic acids is 4. The monoisotopic (exact) mass is 1830 g/mol. The molecule has 0 radical (unpaired) electrons. The maximum Gasteiger partial charge on any atom is 0.418 e. The number of aromatic nitrogens is 6. The second kappa shape index (κ2) is 33.8. The lowest BCUT2D eigenvalue weighted by Crippen LogP contribution is -2.43. The van der Waals surface area contributed by atoms with Gasteiger partial charge in [-0.15, -0.1) is 6.42 Å². The molecule has 16 aromatic rings. The summed E-state index contributed by atoms with van der Waals surface area (Å²) in [6.07, 6.45) is -11.2. The quantitative estimate of drug-likeness (QED) is 0.0560. The first kappa shape index (κ1) is 90.2. The van der Waals surface area contributed by atoms with Crippen LogP contribution < -0.4 is 42.5 Å². The van der Waals surface area contributed by atoms with Crippen molar-refractivity contribution < 1.29 is 80.6 Å². The van der Waals surface area contributed by atoms with Crippen LogP contribution in [0.3, 0.4) is 0 Å². The number of amides is 4. The van der Waals surface area contributed by atoms with Crippen LogP contribution in [-0.4, -0.2) is 52.7 Å². The van der Waals surface area contributed by atoms with E-state index in [9.17, 15) is 137 Å². The Morgan fingerprint density at radius 2 is 0.596 bits per heavy atom. The highest BCUT2D eigenvalue weighted by Crippen LogP contribution is 2.47. The molecule has 658 valence electrons. The number of aryl methyl sites for hydroxylation is 1. The fraction of sp³-hybridized carbons (Fsp3) is 0.0606. The molecular weight excluding hydrogens is 1790 g/mol. The van der Waals surface area contributed by atoms with Crippen molar-refractivity contribution in [2.45, 2.75) is 38.3 Å². The van der Waals surface area contributed by atoms with E-state index >= 15 is 0 Å². The van der Waals surface area contributed by atoms with Crippen molar-refractivity contribution in [3.8, 4) is 111 Å². The Morgan fingerprint density at radius 3 is 0.860 bits per heavy atom. The first-order valence-corrected chi connectivity index (χ1v) is 39.1.